The number of nitro groups is 2. The highest BCUT2D eigenvalue weighted by molar-refractivity contribution is 7.15. The van der Waals surface area contributed by atoms with Gasteiger partial charge in [0.2, 0.25) is 4.96 Å². The molecule has 0 unspecified atom stereocenters. The summed E-state index contributed by atoms with van der Waals surface area (Å²) in [5.41, 5.74) is -2.23. The average molecular weight is 501 g/mol. The SMILES string of the molecule is O=c1/c(=C\c2ccc([N+](=O)[O-])cc2[N+](=O)[O-])sc2nc(C(O)(c3ccccc3)c3ccccc3)nn12. The van der Waals surface area contributed by atoms with Gasteiger partial charge in [0.25, 0.3) is 16.9 Å². The van der Waals surface area contributed by atoms with Crippen LogP contribution >= 0.6 is 11.3 Å². The van der Waals surface area contributed by atoms with Gasteiger partial charge in [-0.25, -0.2) is 0 Å². The van der Waals surface area contributed by atoms with E-state index in [9.17, 15) is 30.1 Å². The molecule has 0 bridgehead atoms. The Morgan fingerprint density at radius 2 is 1.53 bits per heavy atom. The average Bonchev–Trinajstić information content (AvgIpc) is 3.44. The molecule has 178 valence electrons. The first-order valence-electron chi connectivity index (χ1n) is 10.5. The summed E-state index contributed by atoms with van der Waals surface area (Å²) in [5.74, 6) is -0.00360. The molecule has 2 aromatic heterocycles. The summed E-state index contributed by atoms with van der Waals surface area (Å²) in [6.45, 7) is 0. The lowest BCUT2D eigenvalue weighted by atomic mass is 9.86. The minimum absolute atomic E-state index is 0.00360. The van der Waals surface area contributed by atoms with Gasteiger partial charge in [0.05, 0.1) is 26.0 Å². The van der Waals surface area contributed by atoms with Crippen molar-refractivity contribution in [2.24, 2.45) is 0 Å². The van der Waals surface area contributed by atoms with Crippen LogP contribution in [0.3, 0.4) is 0 Å². The summed E-state index contributed by atoms with van der Waals surface area (Å²) in [7, 11) is 0. The van der Waals surface area contributed by atoms with Gasteiger partial charge in [0.15, 0.2) is 11.4 Å². The highest BCUT2D eigenvalue weighted by Crippen LogP contribution is 2.35. The van der Waals surface area contributed by atoms with E-state index in [0.29, 0.717) is 11.1 Å². The molecular weight excluding hydrogens is 486 g/mol. The molecule has 0 atom stereocenters. The van der Waals surface area contributed by atoms with E-state index in [1.165, 1.54) is 12.1 Å². The zero-order valence-corrected chi connectivity index (χ0v) is 19.0. The molecule has 11 nitrogen and oxygen atoms in total. The van der Waals surface area contributed by atoms with Gasteiger partial charge in [0, 0.05) is 6.07 Å². The van der Waals surface area contributed by atoms with Gasteiger partial charge >= 0.3 is 0 Å². The van der Waals surface area contributed by atoms with Gasteiger partial charge in [-0.05, 0) is 23.3 Å². The summed E-state index contributed by atoms with van der Waals surface area (Å²) in [6, 6.07) is 20.8. The Hall–Kier alpha value is -4.81. The number of aromatic nitrogens is 3. The lowest BCUT2D eigenvalue weighted by Crippen LogP contribution is -2.31. The quantitative estimate of drug-likeness (QED) is 0.275. The Morgan fingerprint density at radius 1 is 0.917 bits per heavy atom. The van der Waals surface area contributed by atoms with Crippen LogP contribution in [0.2, 0.25) is 0 Å². The van der Waals surface area contributed by atoms with Crippen molar-refractivity contribution in [2.75, 3.05) is 0 Å². The van der Waals surface area contributed by atoms with Crippen molar-refractivity contribution in [3.8, 4) is 0 Å². The Morgan fingerprint density at radius 3 is 2.06 bits per heavy atom. The van der Waals surface area contributed by atoms with Crippen LogP contribution in [0.25, 0.3) is 11.0 Å². The fraction of sp³-hybridized carbons (Fsp3) is 0.0417. The molecule has 12 heteroatoms. The molecule has 0 saturated carbocycles. The van der Waals surface area contributed by atoms with Crippen molar-refractivity contribution in [1.82, 2.24) is 14.6 Å². The van der Waals surface area contributed by atoms with E-state index >= 15 is 0 Å². The summed E-state index contributed by atoms with van der Waals surface area (Å²) >= 11 is 0.931. The van der Waals surface area contributed by atoms with Gasteiger partial charge in [-0.3, -0.25) is 25.0 Å². The van der Waals surface area contributed by atoms with Gasteiger partial charge in [0.1, 0.15) is 0 Å². The van der Waals surface area contributed by atoms with Crippen LogP contribution in [0.1, 0.15) is 22.5 Å². The molecule has 0 aliphatic carbocycles. The first-order chi connectivity index (χ1) is 17.3. The fourth-order valence-corrected chi connectivity index (χ4v) is 4.74. The lowest BCUT2D eigenvalue weighted by molar-refractivity contribution is -0.394. The monoisotopic (exact) mass is 501 g/mol. The number of aliphatic hydroxyl groups is 1. The minimum atomic E-state index is -1.73. The van der Waals surface area contributed by atoms with Gasteiger partial charge in [-0.1, -0.05) is 72.0 Å². The van der Waals surface area contributed by atoms with Crippen LogP contribution < -0.4 is 10.1 Å². The number of rotatable bonds is 6. The van der Waals surface area contributed by atoms with Crippen LogP contribution in [-0.4, -0.2) is 29.6 Å². The summed E-state index contributed by atoms with van der Waals surface area (Å²) in [6.07, 6.45) is 1.27. The number of nitrogens with zero attached hydrogens (tertiary/aromatic N) is 5. The van der Waals surface area contributed by atoms with E-state index in [1.807, 2.05) is 12.1 Å². The standard InChI is InChI=1S/C24H15N5O6S/c30-21-20(13-15-11-12-18(28(32)33)14-19(15)29(34)35)36-23-25-22(26-27(21)23)24(31,16-7-3-1-4-8-16)17-9-5-2-6-10-17/h1-14,31H/b20-13+. The Balaban J connectivity index is 1.66. The first kappa shape index (κ1) is 23.0. The second kappa shape index (κ2) is 8.76. The highest BCUT2D eigenvalue weighted by Gasteiger charge is 2.38. The molecule has 5 rings (SSSR count). The van der Waals surface area contributed by atoms with Crippen molar-refractivity contribution < 1.29 is 15.0 Å². The molecule has 36 heavy (non-hydrogen) atoms. The molecule has 0 saturated heterocycles. The third-order valence-corrected chi connectivity index (χ3v) is 6.56. The second-order valence-electron chi connectivity index (χ2n) is 7.75. The number of fused-ring (bicyclic) bond motifs is 1. The van der Waals surface area contributed by atoms with E-state index in [1.54, 1.807) is 48.5 Å². The normalized spacial score (nSPS) is 12.2. The van der Waals surface area contributed by atoms with Crippen LogP contribution in [0, 0.1) is 20.2 Å². The van der Waals surface area contributed by atoms with Crippen LogP contribution in [0.5, 0.6) is 0 Å². The minimum Gasteiger partial charge on any atom is -0.373 e. The van der Waals surface area contributed by atoms with E-state index in [0.717, 1.165) is 28.0 Å². The number of benzene rings is 3. The van der Waals surface area contributed by atoms with Gasteiger partial charge in [-0.15, -0.1) is 5.10 Å². The largest absolute Gasteiger partial charge is 0.373 e. The maximum absolute atomic E-state index is 13.1. The third kappa shape index (κ3) is 3.79. The van der Waals surface area contributed by atoms with Crippen molar-refractivity contribution >= 4 is 33.7 Å². The number of thiazole rings is 1. The summed E-state index contributed by atoms with van der Waals surface area (Å²) in [5, 5.41) is 38.6. The summed E-state index contributed by atoms with van der Waals surface area (Å²) in [4.78, 5) is 38.6. The Bertz CT molecular complexity index is 1690. The lowest BCUT2D eigenvalue weighted by Gasteiger charge is -2.26. The van der Waals surface area contributed by atoms with E-state index in [4.69, 9.17) is 0 Å². The fourth-order valence-electron chi connectivity index (χ4n) is 3.84. The number of hydrogen-bond donors (Lipinski definition) is 1. The molecule has 0 spiro atoms. The predicted molar refractivity (Wildman–Crippen MR) is 131 cm³/mol. The maximum atomic E-state index is 13.1. The Kier molecular flexibility index (Phi) is 5.59. The third-order valence-electron chi connectivity index (χ3n) is 5.60. The Labute approximate surface area is 205 Å². The van der Waals surface area contributed by atoms with Crippen molar-refractivity contribution in [1.29, 1.82) is 0 Å². The zero-order valence-electron chi connectivity index (χ0n) is 18.2. The number of nitro benzene ring substituents is 2. The first-order valence-corrected chi connectivity index (χ1v) is 11.3. The molecule has 1 N–H and O–H groups in total. The second-order valence-corrected chi connectivity index (χ2v) is 8.75. The van der Waals surface area contributed by atoms with Gasteiger partial charge < -0.3 is 5.11 Å². The van der Waals surface area contributed by atoms with Gasteiger partial charge in [-0.2, -0.15) is 9.50 Å². The number of hydrogen-bond acceptors (Lipinski definition) is 9. The molecule has 3 aromatic carbocycles. The molecule has 0 radical (unpaired) electrons. The van der Waals surface area contributed by atoms with Crippen LogP contribution in [0.15, 0.2) is 83.7 Å². The molecular formula is C24H15N5O6S. The molecule has 0 aliphatic heterocycles. The smallest absolute Gasteiger partial charge is 0.291 e. The molecule has 0 amide bonds. The molecule has 0 aliphatic rings. The zero-order chi connectivity index (χ0) is 25.4. The van der Waals surface area contributed by atoms with Crippen LogP contribution in [0.4, 0.5) is 11.4 Å². The highest BCUT2D eigenvalue weighted by atomic mass is 32.1. The molecule has 2 heterocycles. The molecule has 5 aromatic rings. The van der Waals surface area contributed by atoms with Crippen molar-refractivity contribution in [2.45, 2.75) is 5.60 Å². The number of non-ortho nitro benzene ring substituents is 1. The summed E-state index contributed by atoms with van der Waals surface area (Å²) < 4.78 is 1.12. The van der Waals surface area contributed by atoms with E-state index in [2.05, 4.69) is 10.1 Å². The van der Waals surface area contributed by atoms with Crippen molar-refractivity contribution in [3.63, 3.8) is 0 Å². The maximum Gasteiger partial charge on any atom is 0.291 e. The molecule has 0 fully saturated rings. The van der Waals surface area contributed by atoms with Crippen molar-refractivity contribution in [3.05, 3.63) is 136 Å². The topological polar surface area (TPSA) is 154 Å². The van der Waals surface area contributed by atoms with E-state index < -0.39 is 32.4 Å². The predicted octanol–water partition coefficient (Wildman–Crippen LogP) is 2.80. The van der Waals surface area contributed by atoms with E-state index in [-0.39, 0.29) is 20.9 Å². The van der Waals surface area contributed by atoms with Crippen LogP contribution in [-0.2, 0) is 5.60 Å².